The molecule has 0 fully saturated rings. The maximum atomic E-state index is 7.57. The number of benzene rings is 4. The number of halogens is 4. The molecule has 0 aliphatic heterocycles. The van der Waals surface area contributed by atoms with Gasteiger partial charge in [0.1, 0.15) is 11.0 Å². The molecule has 0 amide bonds. The molecule has 0 unspecified atom stereocenters. The average molecular weight is 910 g/mol. The molecular weight excluding hydrogens is 858 g/mol. The Morgan fingerprint density at radius 1 is 0.587 bits per heavy atom. The second-order valence-corrected chi connectivity index (χ2v) is 14.6. The smallest absolute Gasteiger partial charge is 0.226 e. The third kappa shape index (κ3) is 16.0. The molecule has 11 nitrogen and oxygen atoms in total. The van der Waals surface area contributed by atoms with Gasteiger partial charge in [0, 0.05) is 13.2 Å². The van der Waals surface area contributed by atoms with Crippen LogP contribution in [0.25, 0.3) is 33.5 Å². The monoisotopic (exact) mass is 908 g/mol. The molecule has 0 saturated heterocycles. The van der Waals surface area contributed by atoms with Gasteiger partial charge in [-0.05, 0) is 109 Å². The van der Waals surface area contributed by atoms with Crippen molar-refractivity contribution in [3.8, 4) is 0 Å². The summed E-state index contributed by atoms with van der Waals surface area (Å²) in [5.74, 6) is 0.697. The first-order valence-electron chi connectivity index (χ1n) is 20.5. The molecule has 15 heteroatoms. The van der Waals surface area contributed by atoms with Crippen LogP contribution in [0, 0.1) is 0 Å². The van der Waals surface area contributed by atoms with Gasteiger partial charge in [0.15, 0.2) is 22.3 Å². The van der Waals surface area contributed by atoms with Gasteiger partial charge in [-0.25, -0.2) is 15.0 Å². The Balaban J connectivity index is 0.000000219. The Bertz CT molecular complexity index is 2480. The summed E-state index contributed by atoms with van der Waals surface area (Å²) >= 11 is 17.2. The van der Waals surface area contributed by atoms with Gasteiger partial charge < -0.3 is 26.1 Å². The number of anilines is 1. The quantitative estimate of drug-likeness (QED) is 0.0405. The zero-order valence-electron chi connectivity index (χ0n) is 35.0. The summed E-state index contributed by atoms with van der Waals surface area (Å²) in [6, 6.07) is 42.2. The number of aliphatic hydroxyl groups is 1. The summed E-state index contributed by atoms with van der Waals surface area (Å²) < 4.78 is 0. The molecule has 0 aliphatic carbocycles. The Labute approximate surface area is 382 Å². The fourth-order valence-electron chi connectivity index (χ4n) is 6.24. The lowest BCUT2D eigenvalue weighted by Crippen LogP contribution is -2.05. The number of hydrogen-bond acceptors (Lipinski definition) is 9. The number of imidazole rings is 2. The van der Waals surface area contributed by atoms with Crippen LogP contribution < -0.4 is 11.1 Å². The van der Waals surface area contributed by atoms with Crippen molar-refractivity contribution in [2.24, 2.45) is 5.73 Å². The van der Waals surface area contributed by atoms with Crippen molar-refractivity contribution in [2.45, 2.75) is 45.4 Å². The first kappa shape index (κ1) is 49.6. The van der Waals surface area contributed by atoms with Crippen molar-refractivity contribution < 1.29 is 9.81 Å². The molecular formula is C48H52Cl3FN10O. The van der Waals surface area contributed by atoms with Crippen LogP contribution in [0.1, 0.15) is 67.7 Å². The molecule has 0 saturated carbocycles. The average Bonchev–Trinajstić information content (AvgIpc) is 3.99. The number of allylic oxidation sites excluding steroid dienone is 2. The number of hydrogen-bond donors (Lipinski definition) is 5. The molecule has 63 heavy (non-hydrogen) atoms. The second-order valence-electron chi connectivity index (χ2n) is 13.5. The lowest BCUT2D eigenvalue weighted by Gasteiger charge is -2.09. The molecule has 8 aromatic rings. The highest BCUT2D eigenvalue weighted by molar-refractivity contribution is 6.35. The molecule has 8 rings (SSSR count). The summed E-state index contributed by atoms with van der Waals surface area (Å²) in [5, 5.41) is 11.5. The van der Waals surface area contributed by atoms with Crippen LogP contribution in [0.5, 0.6) is 0 Å². The van der Waals surface area contributed by atoms with Crippen LogP contribution in [0.4, 0.5) is 10.5 Å². The molecule has 0 radical (unpaired) electrons. The van der Waals surface area contributed by atoms with Crippen molar-refractivity contribution in [3.63, 3.8) is 0 Å². The van der Waals surface area contributed by atoms with Crippen LogP contribution in [-0.2, 0) is 0 Å². The molecule has 0 spiro atoms. The van der Waals surface area contributed by atoms with Crippen molar-refractivity contribution >= 4 is 74.1 Å². The van der Waals surface area contributed by atoms with E-state index in [0.29, 0.717) is 22.6 Å². The molecule has 0 atom stereocenters. The van der Waals surface area contributed by atoms with E-state index >= 15 is 0 Å². The number of fused-ring (bicyclic) bond motifs is 2. The van der Waals surface area contributed by atoms with E-state index in [1.807, 2.05) is 12.1 Å². The summed E-state index contributed by atoms with van der Waals surface area (Å²) in [4.78, 5) is 29.7. The summed E-state index contributed by atoms with van der Waals surface area (Å²) in [5.41, 5.74) is 15.6. The standard InChI is InChI=1S/C23H22ClN5.C18H21N.C5H2Cl2N4.C2H6O.FH/c24-23-28-21(20-22(29-23)27-16-26-20)25-15-9-3-8-14-19(17-10-4-1-5-11-17)18-12-6-2-7-13-18;19-15-9-3-8-14-18(16-10-4-1-5-11-16)17-12-6-2-7-13-17;6-3-2-4(9-1-8-2)11-5(7)10-3;1-2-3;/h1-2,4-7,10-14,16H,3,8-9,15H2,(H2,25,26,27,28,29);1-2,4-7,10-14H,3,8-9,15,19H2;1H,(H,8,9,10,11);3H,2H2,1H3;1H. The fourth-order valence-corrected chi connectivity index (χ4v) is 6.83. The highest BCUT2D eigenvalue weighted by Gasteiger charge is 2.09. The summed E-state index contributed by atoms with van der Waals surface area (Å²) in [7, 11) is 0. The molecule has 6 N–H and O–H groups in total. The minimum Gasteiger partial charge on any atom is -0.397 e. The van der Waals surface area contributed by atoms with Crippen molar-refractivity contribution in [3.05, 3.63) is 184 Å². The summed E-state index contributed by atoms with van der Waals surface area (Å²) in [6.07, 6.45) is 14.2. The largest absolute Gasteiger partial charge is 0.397 e. The van der Waals surface area contributed by atoms with E-state index in [1.54, 1.807) is 13.3 Å². The highest BCUT2D eigenvalue weighted by atomic mass is 35.5. The zero-order valence-corrected chi connectivity index (χ0v) is 37.2. The van der Waals surface area contributed by atoms with Gasteiger partial charge in [0.25, 0.3) is 0 Å². The Hall–Kier alpha value is -6.02. The normalized spacial score (nSPS) is 10.2. The first-order chi connectivity index (χ1) is 30.4. The molecule has 4 aromatic carbocycles. The summed E-state index contributed by atoms with van der Waals surface area (Å²) in [6.45, 7) is 3.52. The van der Waals surface area contributed by atoms with Gasteiger partial charge in [0.2, 0.25) is 10.6 Å². The predicted octanol–water partition coefficient (Wildman–Crippen LogP) is 11.8. The number of nitrogens with zero attached hydrogens (tertiary/aromatic N) is 6. The van der Waals surface area contributed by atoms with Gasteiger partial charge in [-0.3, -0.25) is 4.70 Å². The minimum absolute atomic E-state index is 0. The number of H-pyrrole nitrogens is 2. The van der Waals surface area contributed by atoms with Crippen LogP contribution in [0.15, 0.2) is 146 Å². The van der Waals surface area contributed by atoms with Crippen LogP contribution >= 0.6 is 34.8 Å². The fraction of sp³-hybridized carbons (Fsp3) is 0.208. The molecule has 0 aliphatic rings. The zero-order chi connectivity index (χ0) is 43.8. The number of unbranched alkanes of at least 4 members (excludes halogenated alkanes) is 4. The van der Waals surface area contributed by atoms with Gasteiger partial charge in [-0.1, -0.05) is 145 Å². The number of aromatic amines is 2. The van der Waals surface area contributed by atoms with Crippen molar-refractivity contribution in [1.82, 2.24) is 39.9 Å². The van der Waals surface area contributed by atoms with Crippen LogP contribution in [0.2, 0.25) is 15.7 Å². The predicted molar refractivity (Wildman–Crippen MR) is 259 cm³/mol. The molecule has 0 bridgehead atoms. The highest BCUT2D eigenvalue weighted by Crippen LogP contribution is 2.26. The molecule has 4 heterocycles. The van der Waals surface area contributed by atoms with E-state index in [9.17, 15) is 0 Å². The van der Waals surface area contributed by atoms with E-state index in [2.05, 4.69) is 167 Å². The Kier molecular flexibility index (Phi) is 21.9. The number of rotatable bonds is 14. The van der Waals surface area contributed by atoms with Gasteiger partial charge in [-0.15, -0.1) is 0 Å². The van der Waals surface area contributed by atoms with E-state index in [0.717, 1.165) is 57.1 Å². The Morgan fingerprint density at radius 3 is 1.43 bits per heavy atom. The van der Waals surface area contributed by atoms with E-state index in [4.69, 9.17) is 45.6 Å². The van der Waals surface area contributed by atoms with Gasteiger partial charge in [-0.2, -0.15) is 15.0 Å². The third-order valence-corrected chi connectivity index (χ3v) is 9.70. The first-order valence-corrected chi connectivity index (χ1v) is 21.6. The molecule has 328 valence electrons. The third-order valence-electron chi connectivity index (χ3n) is 9.09. The van der Waals surface area contributed by atoms with Gasteiger partial charge in [0.05, 0.1) is 12.7 Å². The Morgan fingerprint density at radius 2 is 0.984 bits per heavy atom. The number of aliphatic hydroxyl groups excluding tert-OH is 1. The lowest BCUT2D eigenvalue weighted by atomic mass is 9.96. The van der Waals surface area contributed by atoms with E-state index in [1.165, 1.54) is 39.7 Å². The van der Waals surface area contributed by atoms with Crippen molar-refractivity contribution in [1.29, 1.82) is 0 Å². The number of nitrogens with one attached hydrogen (secondary N) is 3. The number of aromatic nitrogens is 8. The van der Waals surface area contributed by atoms with Crippen LogP contribution in [-0.4, -0.2) is 64.7 Å². The lowest BCUT2D eigenvalue weighted by molar-refractivity contribution is 0.318. The maximum Gasteiger partial charge on any atom is 0.226 e. The van der Waals surface area contributed by atoms with Crippen molar-refractivity contribution in [2.75, 3.05) is 25.0 Å². The minimum atomic E-state index is 0. The SMILES string of the molecule is CCO.Clc1nc(Cl)c2[nH]cnc2n1.Clc1nc(NCCCCC=C(c2ccccc2)c2ccccc2)c2[nH]cnc2n1.F.NCCCCC=C(c1ccccc1)c1ccccc1. The van der Waals surface area contributed by atoms with E-state index < -0.39 is 0 Å². The van der Waals surface area contributed by atoms with Crippen LogP contribution in [0.3, 0.4) is 0 Å². The number of nitrogens with two attached hydrogens (primary N) is 1. The second kappa shape index (κ2) is 27.8. The van der Waals surface area contributed by atoms with Gasteiger partial charge >= 0.3 is 0 Å². The maximum absolute atomic E-state index is 7.57. The molecule has 4 aromatic heterocycles. The van der Waals surface area contributed by atoms with E-state index in [-0.39, 0.29) is 27.0 Å². The topological polar surface area (TPSA) is 167 Å².